The van der Waals surface area contributed by atoms with Gasteiger partial charge in [0.2, 0.25) is 0 Å². The van der Waals surface area contributed by atoms with Crippen molar-refractivity contribution in [2.75, 3.05) is 7.11 Å². The Labute approximate surface area is 106 Å². The number of rotatable bonds is 3. The summed E-state index contributed by atoms with van der Waals surface area (Å²) in [6.07, 6.45) is 11.0. The number of benzene rings is 1. The highest BCUT2D eigenvalue weighted by Crippen LogP contribution is 2.28. The molecule has 0 bridgehead atoms. The molecule has 0 unspecified atom stereocenters. The van der Waals surface area contributed by atoms with E-state index in [0.717, 1.165) is 5.57 Å². The zero-order chi connectivity index (χ0) is 13.0. The van der Waals surface area contributed by atoms with Crippen molar-refractivity contribution in [1.82, 2.24) is 0 Å². The predicted octanol–water partition coefficient (Wildman–Crippen LogP) is 3.35. The van der Waals surface area contributed by atoms with Crippen LogP contribution in [0.3, 0.4) is 0 Å². The highest BCUT2D eigenvalue weighted by molar-refractivity contribution is 5.67. The molecule has 0 spiro atoms. The second-order valence-corrected chi connectivity index (χ2v) is 3.82. The van der Waals surface area contributed by atoms with Gasteiger partial charge in [-0.05, 0) is 23.8 Å². The van der Waals surface area contributed by atoms with Gasteiger partial charge < -0.3 is 14.9 Å². The lowest BCUT2D eigenvalue weighted by molar-refractivity contribution is 0.406. The fraction of sp³-hybridized carbons (Fsp3) is 0.0667. The maximum Gasteiger partial charge on any atom is 0.130 e. The smallest absolute Gasteiger partial charge is 0.130 e. The van der Waals surface area contributed by atoms with Crippen molar-refractivity contribution in [3.8, 4) is 11.5 Å². The third-order valence-electron chi connectivity index (χ3n) is 2.60. The van der Waals surface area contributed by atoms with Gasteiger partial charge in [0.15, 0.2) is 0 Å². The lowest BCUT2D eigenvalue weighted by atomic mass is 10.1. The van der Waals surface area contributed by atoms with Gasteiger partial charge in [-0.15, -0.1) is 0 Å². The van der Waals surface area contributed by atoms with Crippen molar-refractivity contribution in [2.45, 2.75) is 0 Å². The molecule has 3 heteroatoms. The highest BCUT2D eigenvalue weighted by Gasteiger charge is 2.06. The SMILES string of the molecule is COc1ccc(/C(O)=C/C=C2C=CC=C2)c(O)c1. The van der Waals surface area contributed by atoms with E-state index in [4.69, 9.17) is 4.74 Å². The second kappa shape index (κ2) is 5.27. The average molecular weight is 242 g/mol. The fourth-order valence-corrected chi connectivity index (χ4v) is 1.62. The van der Waals surface area contributed by atoms with Gasteiger partial charge >= 0.3 is 0 Å². The van der Waals surface area contributed by atoms with Crippen LogP contribution in [0.5, 0.6) is 11.5 Å². The van der Waals surface area contributed by atoms with Crippen LogP contribution >= 0.6 is 0 Å². The van der Waals surface area contributed by atoms with Gasteiger partial charge in [-0.25, -0.2) is 0 Å². The Bertz CT molecular complexity index is 549. The molecule has 0 atom stereocenters. The number of ether oxygens (including phenoxy) is 1. The summed E-state index contributed by atoms with van der Waals surface area (Å²) in [7, 11) is 1.52. The van der Waals surface area contributed by atoms with E-state index in [1.54, 1.807) is 24.3 Å². The van der Waals surface area contributed by atoms with Crippen LogP contribution < -0.4 is 4.74 Å². The summed E-state index contributed by atoms with van der Waals surface area (Å²) in [5, 5.41) is 19.6. The Kier molecular flexibility index (Phi) is 3.53. The quantitative estimate of drug-likeness (QED) is 0.799. The maximum atomic E-state index is 9.89. The molecule has 0 saturated carbocycles. The number of methoxy groups -OCH3 is 1. The van der Waals surface area contributed by atoms with Crippen molar-refractivity contribution in [1.29, 1.82) is 0 Å². The molecule has 0 amide bonds. The van der Waals surface area contributed by atoms with Crippen LogP contribution in [0.2, 0.25) is 0 Å². The summed E-state index contributed by atoms with van der Waals surface area (Å²) in [6.45, 7) is 0. The van der Waals surface area contributed by atoms with Crippen LogP contribution in [-0.2, 0) is 0 Å². The maximum absolute atomic E-state index is 9.89. The number of hydrogen-bond donors (Lipinski definition) is 2. The summed E-state index contributed by atoms with van der Waals surface area (Å²) >= 11 is 0. The Hall–Kier alpha value is -2.42. The largest absolute Gasteiger partial charge is 0.507 e. The van der Waals surface area contributed by atoms with Crippen LogP contribution in [0, 0.1) is 0 Å². The summed E-state index contributed by atoms with van der Waals surface area (Å²) < 4.78 is 4.98. The zero-order valence-corrected chi connectivity index (χ0v) is 10.00. The van der Waals surface area contributed by atoms with Crippen molar-refractivity contribution >= 4 is 5.76 Å². The number of hydrogen-bond acceptors (Lipinski definition) is 3. The first kappa shape index (κ1) is 12.0. The number of phenols is 1. The molecule has 1 aliphatic rings. The predicted molar refractivity (Wildman–Crippen MR) is 71.6 cm³/mol. The van der Waals surface area contributed by atoms with Gasteiger partial charge in [0.25, 0.3) is 0 Å². The molecule has 2 rings (SSSR count). The molecule has 0 aliphatic heterocycles. The van der Waals surface area contributed by atoms with Crippen molar-refractivity contribution < 1.29 is 14.9 Å². The molecule has 0 radical (unpaired) electrons. The standard InChI is InChI=1S/C15H14O3/c1-18-12-7-8-13(15(17)10-12)14(16)9-6-11-4-2-3-5-11/h2-10,16-17H,1H3/b14-9-. The number of aliphatic hydroxyl groups is 1. The Morgan fingerprint density at radius 2 is 1.94 bits per heavy atom. The minimum atomic E-state index is -0.0148. The van der Waals surface area contributed by atoms with E-state index in [0.29, 0.717) is 11.3 Å². The molecule has 0 saturated heterocycles. The molecular formula is C15H14O3. The minimum Gasteiger partial charge on any atom is -0.507 e. The molecule has 3 nitrogen and oxygen atoms in total. The summed E-state index contributed by atoms with van der Waals surface area (Å²) in [5.41, 5.74) is 1.37. The lowest BCUT2D eigenvalue weighted by Gasteiger charge is -2.05. The van der Waals surface area contributed by atoms with Crippen LogP contribution in [-0.4, -0.2) is 17.3 Å². The van der Waals surface area contributed by atoms with Crippen LogP contribution in [0.25, 0.3) is 5.76 Å². The van der Waals surface area contributed by atoms with E-state index in [1.807, 2.05) is 24.3 Å². The van der Waals surface area contributed by atoms with Gasteiger partial charge in [0, 0.05) is 6.07 Å². The Morgan fingerprint density at radius 1 is 1.22 bits per heavy atom. The fourth-order valence-electron chi connectivity index (χ4n) is 1.62. The van der Waals surface area contributed by atoms with E-state index >= 15 is 0 Å². The first-order valence-corrected chi connectivity index (χ1v) is 5.54. The second-order valence-electron chi connectivity index (χ2n) is 3.82. The number of phenolic OH excluding ortho intramolecular Hbond substituents is 1. The van der Waals surface area contributed by atoms with E-state index in [1.165, 1.54) is 13.2 Å². The third kappa shape index (κ3) is 2.63. The lowest BCUT2D eigenvalue weighted by Crippen LogP contribution is -1.87. The third-order valence-corrected chi connectivity index (χ3v) is 2.60. The average Bonchev–Trinajstić information content (AvgIpc) is 2.88. The van der Waals surface area contributed by atoms with E-state index in [2.05, 4.69) is 0 Å². The molecule has 0 heterocycles. The van der Waals surface area contributed by atoms with Crippen molar-refractivity contribution in [3.05, 3.63) is 65.8 Å². The van der Waals surface area contributed by atoms with Gasteiger partial charge in [0.1, 0.15) is 17.3 Å². The van der Waals surface area contributed by atoms with Crippen molar-refractivity contribution in [2.24, 2.45) is 0 Å². The molecule has 2 N–H and O–H groups in total. The van der Waals surface area contributed by atoms with E-state index in [9.17, 15) is 10.2 Å². The molecule has 1 aromatic carbocycles. The molecule has 0 aromatic heterocycles. The first-order valence-electron chi connectivity index (χ1n) is 5.54. The van der Waals surface area contributed by atoms with Gasteiger partial charge in [-0.3, -0.25) is 0 Å². The molecule has 92 valence electrons. The van der Waals surface area contributed by atoms with Gasteiger partial charge in [-0.1, -0.05) is 30.4 Å². The van der Waals surface area contributed by atoms with Crippen LogP contribution in [0.4, 0.5) is 0 Å². The van der Waals surface area contributed by atoms with Crippen LogP contribution in [0.1, 0.15) is 5.56 Å². The van der Waals surface area contributed by atoms with Crippen LogP contribution in [0.15, 0.2) is 60.2 Å². The molecule has 18 heavy (non-hydrogen) atoms. The number of allylic oxidation sites excluding steroid dienone is 7. The summed E-state index contributed by atoms with van der Waals surface area (Å²) in [4.78, 5) is 0. The van der Waals surface area contributed by atoms with Gasteiger partial charge in [-0.2, -0.15) is 0 Å². The topological polar surface area (TPSA) is 49.7 Å². The Balaban J connectivity index is 2.25. The van der Waals surface area contributed by atoms with Gasteiger partial charge in [0.05, 0.1) is 12.7 Å². The van der Waals surface area contributed by atoms with E-state index in [-0.39, 0.29) is 11.5 Å². The zero-order valence-electron chi connectivity index (χ0n) is 10.00. The van der Waals surface area contributed by atoms with Crippen molar-refractivity contribution in [3.63, 3.8) is 0 Å². The summed E-state index contributed by atoms with van der Waals surface area (Å²) in [6, 6.07) is 4.75. The van der Waals surface area contributed by atoms with E-state index < -0.39 is 0 Å². The molecule has 0 fully saturated rings. The number of aromatic hydroxyl groups is 1. The number of aliphatic hydroxyl groups excluding tert-OH is 1. The minimum absolute atomic E-state index is 0.0105. The monoisotopic (exact) mass is 242 g/mol. The highest BCUT2D eigenvalue weighted by atomic mass is 16.5. The Morgan fingerprint density at radius 3 is 2.56 bits per heavy atom. The summed E-state index contributed by atoms with van der Waals surface area (Å²) in [5.74, 6) is 0.541. The molecule has 1 aromatic rings. The molecular weight excluding hydrogens is 228 g/mol. The normalized spacial score (nSPS) is 14.1. The molecule has 1 aliphatic carbocycles. The first-order chi connectivity index (χ1) is 8.70.